The average Bonchev–Trinajstić information content (AvgIpc) is 3.49. The van der Waals surface area contributed by atoms with Crippen molar-refractivity contribution in [3.05, 3.63) is 78.0 Å². The van der Waals surface area contributed by atoms with E-state index >= 15 is 0 Å². The van der Waals surface area contributed by atoms with Crippen LogP contribution >= 0.6 is 0 Å². The van der Waals surface area contributed by atoms with Crippen molar-refractivity contribution in [1.29, 1.82) is 0 Å². The molecular weight excluding hydrogens is 640 g/mol. The van der Waals surface area contributed by atoms with E-state index in [1.54, 1.807) is 27.0 Å². The van der Waals surface area contributed by atoms with Gasteiger partial charge in [-0.05, 0) is 37.3 Å². The van der Waals surface area contributed by atoms with Gasteiger partial charge >= 0.3 is 0 Å². The summed E-state index contributed by atoms with van der Waals surface area (Å²) in [6, 6.07) is 15.9. The number of aromatic nitrogens is 2. The number of nitrogens with one attached hydrogen (secondary N) is 5. The summed E-state index contributed by atoms with van der Waals surface area (Å²) in [5.41, 5.74) is 2.42. The van der Waals surface area contributed by atoms with Gasteiger partial charge in [0.2, 0.25) is 29.5 Å². The van der Waals surface area contributed by atoms with Crippen molar-refractivity contribution in [3.8, 4) is 11.3 Å². The number of benzene rings is 2. The van der Waals surface area contributed by atoms with E-state index in [2.05, 4.69) is 31.7 Å². The van der Waals surface area contributed by atoms with E-state index < -0.39 is 59.6 Å². The molecule has 0 radical (unpaired) electrons. The van der Waals surface area contributed by atoms with Crippen molar-refractivity contribution < 1.29 is 28.8 Å². The van der Waals surface area contributed by atoms with Crippen LogP contribution in [0.1, 0.15) is 49.7 Å². The maximum absolute atomic E-state index is 13.7. The van der Waals surface area contributed by atoms with Gasteiger partial charge in [-0.1, -0.05) is 74.5 Å². The Kier molecular flexibility index (Phi) is 12.8. The molecule has 1 aliphatic heterocycles. The molecule has 6 amide bonds. The van der Waals surface area contributed by atoms with Crippen LogP contribution < -0.4 is 26.6 Å². The zero-order valence-corrected chi connectivity index (χ0v) is 29.1. The number of hydrogen-bond acceptors (Lipinski definition) is 7. The Hall–Kier alpha value is -5.53. The van der Waals surface area contributed by atoms with Crippen molar-refractivity contribution in [2.24, 2.45) is 13.0 Å². The van der Waals surface area contributed by atoms with Gasteiger partial charge in [-0.3, -0.25) is 33.4 Å². The Morgan fingerprint density at radius 1 is 0.900 bits per heavy atom. The second-order valence-corrected chi connectivity index (χ2v) is 12.8. The highest BCUT2D eigenvalue weighted by Gasteiger charge is 2.33. The first-order chi connectivity index (χ1) is 23.8. The van der Waals surface area contributed by atoms with Crippen molar-refractivity contribution in [2.75, 3.05) is 20.1 Å². The van der Waals surface area contributed by atoms with Gasteiger partial charge in [-0.25, -0.2) is 0 Å². The molecule has 14 nitrogen and oxygen atoms in total. The van der Waals surface area contributed by atoms with Crippen LogP contribution in [0.15, 0.2) is 66.7 Å². The van der Waals surface area contributed by atoms with Crippen molar-refractivity contribution in [2.45, 2.75) is 64.2 Å². The fourth-order valence-electron chi connectivity index (χ4n) is 5.58. The van der Waals surface area contributed by atoms with Crippen LogP contribution in [-0.4, -0.2) is 94.4 Å². The van der Waals surface area contributed by atoms with Crippen LogP contribution in [0.2, 0.25) is 0 Å². The highest BCUT2D eigenvalue weighted by atomic mass is 16.2. The minimum Gasteiger partial charge on any atom is -0.355 e. The Balaban J connectivity index is 1.55. The second-order valence-electron chi connectivity index (χ2n) is 12.8. The first kappa shape index (κ1) is 37.3. The summed E-state index contributed by atoms with van der Waals surface area (Å²) in [6.07, 6.45) is 0.591. The van der Waals surface area contributed by atoms with Crippen LogP contribution in [0.3, 0.4) is 0 Å². The zero-order chi connectivity index (χ0) is 36.4. The van der Waals surface area contributed by atoms with E-state index in [1.807, 2.05) is 60.7 Å². The largest absolute Gasteiger partial charge is 0.355 e. The van der Waals surface area contributed by atoms with Gasteiger partial charge in [0.05, 0.1) is 12.2 Å². The van der Waals surface area contributed by atoms with Gasteiger partial charge in [0.1, 0.15) is 29.9 Å². The zero-order valence-electron chi connectivity index (χ0n) is 29.1. The highest BCUT2D eigenvalue weighted by Crippen LogP contribution is 2.18. The normalized spacial score (nSPS) is 21.7. The van der Waals surface area contributed by atoms with E-state index in [-0.39, 0.29) is 37.5 Å². The summed E-state index contributed by atoms with van der Waals surface area (Å²) in [5, 5.41) is 18.1. The van der Waals surface area contributed by atoms with Crippen LogP contribution in [-0.2, 0) is 37.4 Å². The third-order valence-electron chi connectivity index (χ3n) is 8.45. The van der Waals surface area contributed by atoms with Crippen molar-refractivity contribution in [3.63, 3.8) is 0 Å². The molecule has 4 atom stereocenters. The quantitative estimate of drug-likeness (QED) is 0.256. The number of rotatable bonds is 6. The fraction of sp³-hybridized carbons (Fsp3) is 0.417. The van der Waals surface area contributed by atoms with Gasteiger partial charge in [-0.2, -0.15) is 5.10 Å². The topological polar surface area (TPSA) is 184 Å². The van der Waals surface area contributed by atoms with Gasteiger partial charge in [0.15, 0.2) is 0 Å². The first-order valence-electron chi connectivity index (χ1n) is 16.7. The monoisotopic (exact) mass is 686 g/mol. The van der Waals surface area contributed by atoms with E-state index in [0.29, 0.717) is 12.1 Å². The molecule has 1 saturated heterocycles. The molecular formula is C36H46N8O6. The summed E-state index contributed by atoms with van der Waals surface area (Å²) < 4.78 is 1.43. The Morgan fingerprint density at radius 3 is 2.22 bits per heavy atom. The third kappa shape index (κ3) is 10.00. The third-order valence-corrected chi connectivity index (χ3v) is 8.45. The predicted molar refractivity (Wildman–Crippen MR) is 186 cm³/mol. The maximum Gasteiger partial charge on any atom is 0.270 e. The lowest BCUT2D eigenvalue weighted by Crippen LogP contribution is -2.59. The van der Waals surface area contributed by atoms with Crippen LogP contribution in [0.4, 0.5) is 0 Å². The number of carbonyl (C=O) groups excluding carboxylic acids is 6. The van der Waals surface area contributed by atoms with Gasteiger partial charge in [-0.15, -0.1) is 0 Å². The molecule has 2 aromatic carbocycles. The lowest BCUT2D eigenvalue weighted by atomic mass is 10.0. The molecule has 1 aliphatic rings. The van der Waals surface area contributed by atoms with Crippen LogP contribution in [0, 0.1) is 5.92 Å². The number of amides is 6. The van der Waals surface area contributed by atoms with Gasteiger partial charge in [0.25, 0.3) is 5.91 Å². The SMILES string of the molecule is CC(C)[C@H]1NC(=O)[C@@H](NC(=O)c2cc(-c3ccccc3)nn2C)CCCNC(=O)CN(C)C(=O)[C@H](Cc2ccccc2)NC(=O)[C@@H](C)NC1=O. The highest BCUT2D eigenvalue weighted by molar-refractivity contribution is 5.99. The lowest BCUT2D eigenvalue weighted by Gasteiger charge is -2.28. The average molecular weight is 687 g/mol. The molecule has 50 heavy (non-hydrogen) atoms. The van der Waals surface area contributed by atoms with Crippen molar-refractivity contribution in [1.82, 2.24) is 41.3 Å². The Morgan fingerprint density at radius 2 is 1.56 bits per heavy atom. The predicted octanol–water partition coefficient (Wildman–Crippen LogP) is 0.927. The van der Waals surface area contributed by atoms with Gasteiger partial charge in [0, 0.05) is 32.6 Å². The maximum atomic E-state index is 13.7. The minimum atomic E-state index is -1.08. The summed E-state index contributed by atoms with van der Waals surface area (Å²) in [7, 11) is 3.10. The molecule has 0 spiro atoms. The summed E-state index contributed by atoms with van der Waals surface area (Å²) in [4.78, 5) is 81.6. The number of hydrogen-bond donors (Lipinski definition) is 5. The number of nitrogens with zero attached hydrogens (tertiary/aromatic N) is 3. The molecule has 0 aliphatic carbocycles. The molecule has 1 fully saturated rings. The molecule has 4 rings (SSSR count). The molecule has 0 unspecified atom stereocenters. The fourth-order valence-corrected chi connectivity index (χ4v) is 5.58. The molecule has 1 aromatic heterocycles. The molecule has 266 valence electrons. The summed E-state index contributed by atoms with van der Waals surface area (Å²) in [5.74, 6) is -3.65. The number of carbonyl (C=O) groups is 6. The van der Waals surface area contributed by atoms with E-state index in [1.165, 1.54) is 23.6 Å². The van der Waals surface area contributed by atoms with E-state index in [9.17, 15) is 28.8 Å². The lowest BCUT2D eigenvalue weighted by molar-refractivity contribution is -0.139. The number of likely N-dealkylation sites (N-methyl/N-ethyl adjacent to an activating group) is 1. The smallest absolute Gasteiger partial charge is 0.270 e. The Labute approximate surface area is 291 Å². The molecule has 0 saturated carbocycles. The molecule has 5 N–H and O–H groups in total. The van der Waals surface area contributed by atoms with Crippen LogP contribution in [0.25, 0.3) is 11.3 Å². The summed E-state index contributed by atoms with van der Waals surface area (Å²) >= 11 is 0. The molecule has 0 bridgehead atoms. The number of aryl methyl sites for hydroxylation is 1. The molecule has 3 aromatic rings. The first-order valence-corrected chi connectivity index (χ1v) is 16.7. The van der Waals surface area contributed by atoms with Crippen LogP contribution in [0.5, 0.6) is 0 Å². The van der Waals surface area contributed by atoms with E-state index in [4.69, 9.17) is 0 Å². The molecule has 2 heterocycles. The Bertz CT molecular complexity index is 1680. The molecule has 14 heteroatoms. The van der Waals surface area contributed by atoms with Gasteiger partial charge < -0.3 is 31.5 Å². The second kappa shape index (κ2) is 17.2. The van der Waals surface area contributed by atoms with E-state index in [0.717, 1.165) is 11.1 Å². The summed E-state index contributed by atoms with van der Waals surface area (Å²) in [6.45, 7) is 4.85. The minimum absolute atomic E-state index is 0.125. The van der Waals surface area contributed by atoms with Crippen molar-refractivity contribution >= 4 is 35.4 Å². The standard InChI is InChI=1S/C36H46N8O6/c1-22(2)31-35(49)38-23(3)32(46)40-28(19-24-13-8-6-9-14-24)36(50)43(4)21-30(45)37-18-12-17-26(33(47)41-31)39-34(48)29-20-27(42-44(29)5)25-15-10-7-11-16-25/h6-11,13-16,20,22-23,26,28,31H,12,17-19,21H2,1-5H3,(H,37,45)(H,38,49)(H,39,48)(H,40,46)(H,41,47)/t23-,26+,28+,31-/m1/s1.